The Morgan fingerprint density at radius 3 is 2.35 bits per heavy atom. The highest BCUT2D eigenvalue weighted by molar-refractivity contribution is 5.94. The smallest absolute Gasteiger partial charge is 0.325 e. The fourth-order valence-electron chi connectivity index (χ4n) is 2.08. The first-order chi connectivity index (χ1) is 10.8. The quantitative estimate of drug-likeness (QED) is 0.656. The van der Waals surface area contributed by atoms with Gasteiger partial charge in [-0.25, -0.2) is 4.79 Å². The molecule has 1 heterocycles. The van der Waals surface area contributed by atoms with Gasteiger partial charge in [-0.15, -0.1) is 0 Å². The lowest BCUT2D eigenvalue weighted by Gasteiger charge is -2.08. The van der Waals surface area contributed by atoms with Gasteiger partial charge in [0.25, 0.3) is 5.56 Å². The molecule has 2 amide bonds. The molecule has 0 aliphatic rings. The Kier molecular flexibility index (Phi) is 4.75. The second-order valence-corrected chi connectivity index (χ2v) is 5.00. The molecule has 2 aromatic rings. The molecule has 0 bridgehead atoms. The predicted molar refractivity (Wildman–Crippen MR) is 85.5 cm³/mol. The van der Waals surface area contributed by atoms with Crippen LogP contribution in [0.3, 0.4) is 0 Å². The lowest BCUT2D eigenvalue weighted by Crippen LogP contribution is -2.29. The van der Waals surface area contributed by atoms with E-state index < -0.39 is 17.2 Å². The van der Waals surface area contributed by atoms with E-state index in [1.807, 2.05) is 0 Å². The van der Waals surface area contributed by atoms with Gasteiger partial charge in [0, 0.05) is 29.6 Å². The van der Waals surface area contributed by atoms with E-state index in [2.05, 4.69) is 20.6 Å². The first kappa shape index (κ1) is 16.2. The Balaban J connectivity index is 2.13. The first-order valence-corrected chi connectivity index (χ1v) is 6.84. The number of amides is 2. The number of hydrogen-bond acceptors (Lipinski definition) is 4. The van der Waals surface area contributed by atoms with Crippen LogP contribution < -0.4 is 21.9 Å². The molecule has 0 unspecified atom stereocenters. The summed E-state index contributed by atoms with van der Waals surface area (Å²) >= 11 is 0. The number of hydrogen-bond donors (Lipinski definition) is 4. The molecule has 1 aromatic carbocycles. The van der Waals surface area contributed by atoms with Crippen molar-refractivity contribution in [2.24, 2.45) is 0 Å². The van der Waals surface area contributed by atoms with Gasteiger partial charge in [-0.1, -0.05) is 6.07 Å². The van der Waals surface area contributed by atoms with Gasteiger partial charge in [0.2, 0.25) is 11.8 Å². The van der Waals surface area contributed by atoms with Gasteiger partial charge in [-0.2, -0.15) is 0 Å². The van der Waals surface area contributed by atoms with Crippen LogP contribution in [0.25, 0.3) is 0 Å². The van der Waals surface area contributed by atoms with Crippen LogP contribution >= 0.6 is 0 Å². The summed E-state index contributed by atoms with van der Waals surface area (Å²) in [5, 5.41) is 5.25. The lowest BCUT2D eigenvalue weighted by molar-refractivity contribution is -0.116. The molecule has 8 nitrogen and oxygen atoms in total. The van der Waals surface area contributed by atoms with Crippen LogP contribution in [-0.2, 0) is 16.0 Å². The predicted octanol–water partition coefficient (Wildman–Crippen LogP) is 0.511. The zero-order valence-corrected chi connectivity index (χ0v) is 12.6. The summed E-state index contributed by atoms with van der Waals surface area (Å²) in [6.07, 6.45) is -0.178. The second-order valence-electron chi connectivity index (χ2n) is 5.00. The van der Waals surface area contributed by atoms with Gasteiger partial charge in [0.1, 0.15) is 0 Å². The maximum atomic E-state index is 12.1. The summed E-state index contributed by atoms with van der Waals surface area (Å²) in [7, 11) is 0. The molecule has 0 spiro atoms. The molecule has 2 rings (SSSR count). The standard InChI is InChI=1S/C15H16N4O4/c1-8-12(14(22)19-15(23)16-8)7-13(21)18-11-5-3-4-10(6-11)17-9(2)20/h3-6H,7H2,1-2H3,(H,17,20)(H,18,21)(H2,16,19,22,23). The van der Waals surface area contributed by atoms with Crippen LogP contribution in [0.5, 0.6) is 0 Å². The van der Waals surface area contributed by atoms with E-state index in [1.165, 1.54) is 6.92 Å². The number of aryl methyl sites for hydroxylation is 1. The van der Waals surface area contributed by atoms with Crippen LogP contribution in [0.2, 0.25) is 0 Å². The van der Waals surface area contributed by atoms with E-state index in [0.29, 0.717) is 17.1 Å². The Labute approximate surface area is 130 Å². The van der Waals surface area contributed by atoms with Crippen LogP contribution in [0.4, 0.5) is 11.4 Å². The highest BCUT2D eigenvalue weighted by Crippen LogP contribution is 2.15. The van der Waals surface area contributed by atoms with Crippen molar-refractivity contribution in [2.75, 3.05) is 10.6 Å². The molecule has 0 saturated heterocycles. The minimum atomic E-state index is -0.611. The molecule has 23 heavy (non-hydrogen) atoms. The number of rotatable bonds is 4. The van der Waals surface area contributed by atoms with E-state index in [4.69, 9.17) is 0 Å². The Bertz CT molecular complexity index is 866. The molecule has 8 heteroatoms. The molecule has 0 fully saturated rings. The summed E-state index contributed by atoms with van der Waals surface area (Å²) in [6.45, 7) is 2.94. The molecule has 0 atom stereocenters. The third-order valence-electron chi connectivity index (χ3n) is 3.06. The monoisotopic (exact) mass is 316 g/mol. The molecular weight excluding hydrogens is 300 g/mol. The number of H-pyrrole nitrogens is 2. The normalized spacial score (nSPS) is 10.2. The van der Waals surface area contributed by atoms with E-state index in [1.54, 1.807) is 31.2 Å². The maximum Gasteiger partial charge on any atom is 0.325 e. The van der Waals surface area contributed by atoms with Gasteiger partial charge < -0.3 is 15.6 Å². The van der Waals surface area contributed by atoms with Crippen molar-refractivity contribution in [1.29, 1.82) is 0 Å². The van der Waals surface area contributed by atoms with Crippen LogP contribution in [0.15, 0.2) is 33.9 Å². The number of carbonyl (C=O) groups is 2. The number of aromatic nitrogens is 2. The highest BCUT2D eigenvalue weighted by Gasteiger charge is 2.11. The zero-order valence-electron chi connectivity index (χ0n) is 12.6. The van der Waals surface area contributed by atoms with Crippen LogP contribution in [-0.4, -0.2) is 21.8 Å². The second kappa shape index (κ2) is 6.73. The van der Waals surface area contributed by atoms with Crippen molar-refractivity contribution in [3.63, 3.8) is 0 Å². The topological polar surface area (TPSA) is 124 Å². The third-order valence-corrected chi connectivity index (χ3v) is 3.06. The van der Waals surface area contributed by atoms with E-state index in [0.717, 1.165) is 0 Å². The molecular formula is C15H16N4O4. The lowest BCUT2D eigenvalue weighted by atomic mass is 10.1. The largest absolute Gasteiger partial charge is 0.326 e. The average molecular weight is 316 g/mol. The summed E-state index contributed by atoms with van der Waals surface area (Å²) < 4.78 is 0. The Morgan fingerprint density at radius 1 is 1.09 bits per heavy atom. The maximum absolute atomic E-state index is 12.1. The molecule has 0 aliphatic heterocycles. The third kappa shape index (κ3) is 4.40. The van der Waals surface area contributed by atoms with Gasteiger partial charge in [-0.05, 0) is 25.1 Å². The Morgan fingerprint density at radius 2 is 1.74 bits per heavy atom. The van der Waals surface area contributed by atoms with E-state index in [-0.39, 0.29) is 17.9 Å². The average Bonchev–Trinajstić information content (AvgIpc) is 2.42. The molecule has 120 valence electrons. The van der Waals surface area contributed by atoms with Gasteiger partial charge in [-0.3, -0.25) is 19.4 Å². The fraction of sp³-hybridized carbons (Fsp3) is 0.200. The van der Waals surface area contributed by atoms with Crippen molar-refractivity contribution < 1.29 is 9.59 Å². The summed E-state index contributed by atoms with van der Waals surface area (Å²) in [6, 6.07) is 6.63. The Hall–Kier alpha value is -3.16. The van der Waals surface area contributed by atoms with E-state index in [9.17, 15) is 19.2 Å². The highest BCUT2D eigenvalue weighted by atomic mass is 16.2. The van der Waals surface area contributed by atoms with Crippen LogP contribution in [0.1, 0.15) is 18.2 Å². The molecule has 4 N–H and O–H groups in total. The zero-order chi connectivity index (χ0) is 17.0. The van der Waals surface area contributed by atoms with Crippen molar-refractivity contribution >= 4 is 23.2 Å². The first-order valence-electron chi connectivity index (χ1n) is 6.84. The number of benzene rings is 1. The van der Waals surface area contributed by atoms with Gasteiger partial charge in [0.05, 0.1) is 6.42 Å². The summed E-state index contributed by atoms with van der Waals surface area (Å²) in [4.78, 5) is 50.5. The molecule has 0 aliphatic carbocycles. The number of aromatic amines is 2. The minimum Gasteiger partial charge on any atom is -0.326 e. The number of nitrogens with one attached hydrogen (secondary N) is 4. The molecule has 0 saturated carbocycles. The van der Waals surface area contributed by atoms with Crippen molar-refractivity contribution in [3.8, 4) is 0 Å². The fourth-order valence-corrected chi connectivity index (χ4v) is 2.08. The summed E-state index contributed by atoms with van der Waals surface area (Å²) in [5.74, 6) is -0.630. The number of anilines is 2. The van der Waals surface area contributed by atoms with Gasteiger partial charge >= 0.3 is 5.69 Å². The molecule has 1 aromatic heterocycles. The molecule has 0 radical (unpaired) electrons. The van der Waals surface area contributed by atoms with Crippen LogP contribution in [0, 0.1) is 6.92 Å². The van der Waals surface area contributed by atoms with E-state index >= 15 is 0 Å². The number of carbonyl (C=O) groups excluding carboxylic acids is 2. The SMILES string of the molecule is CC(=O)Nc1cccc(NC(=O)Cc2c(C)[nH]c(=O)[nH]c2=O)c1. The van der Waals surface area contributed by atoms with Crippen molar-refractivity contribution in [1.82, 2.24) is 9.97 Å². The van der Waals surface area contributed by atoms with Crippen molar-refractivity contribution in [2.45, 2.75) is 20.3 Å². The van der Waals surface area contributed by atoms with Gasteiger partial charge in [0.15, 0.2) is 0 Å². The summed E-state index contributed by atoms with van der Waals surface area (Å²) in [5.41, 5.74) is 0.377. The van der Waals surface area contributed by atoms with Crippen molar-refractivity contribution in [3.05, 3.63) is 56.4 Å². The minimum absolute atomic E-state index is 0.178.